The van der Waals surface area contributed by atoms with Crippen molar-refractivity contribution in [3.8, 4) is 0 Å². The fourth-order valence-corrected chi connectivity index (χ4v) is 2.48. The van der Waals surface area contributed by atoms with E-state index in [0.717, 1.165) is 5.13 Å². The van der Waals surface area contributed by atoms with Gasteiger partial charge in [0.05, 0.1) is 6.04 Å². The van der Waals surface area contributed by atoms with E-state index in [4.69, 9.17) is 0 Å². The van der Waals surface area contributed by atoms with Gasteiger partial charge in [0.25, 0.3) is 0 Å². The van der Waals surface area contributed by atoms with Gasteiger partial charge in [-0.2, -0.15) is 0 Å². The van der Waals surface area contributed by atoms with Crippen molar-refractivity contribution in [2.75, 3.05) is 11.6 Å². The molecule has 2 nitrogen and oxygen atoms in total. The average Bonchev–Trinajstić information content (AvgIpc) is 2.82. The molecule has 0 saturated heterocycles. The van der Waals surface area contributed by atoms with E-state index >= 15 is 0 Å². The maximum absolute atomic E-state index is 4.22. The third-order valence-corrected chi connectivity index (χ3v) is 3.84. The Labute approximate surface area is 104 Å². The summed E-state index contributed by atoms with van der Waals surface area (Å²) in [6.07, 6.45) is 3.91. The molecule has 1 heterocycles. The number of benzene rings is 1. The molecule has 16 heavy (non-hydrogen) atoms. The first-order chi connectivity index (χ1) is 7.79. The summed E-state index contributed by atoms with van der Waals surface area (Å²) in [5.74, 6) is 0. The van der Waals surface area contributed by atoms with E-state index in [0.29, 0.717) is 6.04 Å². The minimum atomic E-state index is 0.294. The molecule has 0 radical (unpaired) electrons. The quantitative estimate of drug-likeness (QED) is 0.829. The second-order valence-electron chi connectivity index (χ2n) is 3.48. The van der Waals surface area contributed by atoms with Crippen LogP contribution in [0, 0.1) is 0 Å². The molecule has 0 aliphatic rings. The molecule has 1 atom stereocenters. The fraction of sp³-hybridized carbons (Fsp3) is 0.250. The van der Waals surface area contributed by atoms with Crippen LogP contribution in [0.2, 0.25) is 0 Å². The van der Waals surface area contributed by atoms with Gasteiger partial charge in [0.15, 0.2) is 5.13 Å². The molecular formula is C12H14N2S2. The summed E-state index contributed by atoms with van der Waals surface area (Å²) in [5.41, 5.74) is 1.29. The van der Waals surface area contributed by atoms with Gasteiger partial charge in [0.1, 0.15) is 0 Å². The molecule has 2 rings (SSSR count). The Morgan fingerprint density at radius 2 is 2.06 bits per heavy atom. The Morgan fingerprint density at radius 1 is 1.31 bits per heavy atom. The Morgan fingerprint density at radius 3 is 2.62 bits per heavy atom. The van der Waals surface area contributed by atoms with Gasteiger partial charge in [-0.15, -0.1) is 23.1 Å². The molecule has 4 heteroatoms. The van der Waals surface area contributed by atoms with Gasteiger partial charge in [0, 0.05) is 16.5 Å². The number of anilines is 1. The van der Waals surface area contributed by atoms with E-state index < -0.39 is 0 Å². The lowest BCUT2D eigenvalue weighted by atomic mass is 10.1. The van der Waals surface area contributed by atoms with E-state index in [2.05, 4.69) is 47.7 Å². The second kappa shape index (κ2) is 5.37. The van der Waals surface area contributed by atoms with Crippen molar-refractivity contribution < 1.29 is 0 Å². The highest BCUT2D eigenvalue weighted by Crippen LogP contribution is 2.22. The smallest absolute Gasteiger partial charge is 0.183 e. The number of thiazole rings is 1. The number of hydrogen-bond donors (Lipinski definition) is 1. The first-order valence-corrected chi connectivity index (χ1v) is 7.20. The topological polar surface area (TPSA) is 24.9 Å². The van der Waals surface area contributed by atoms with Crippen LogP contribution >= 0.6 is 23.1 Å². The molecule has 0 amide bonds. The zero-order chi connectivity index (χ0) is 11.4. The summed E-state index contributed by atoms with van der Waals surface area (Å²) in [4.78, 5) is 5.52. The highest BCUT2D eigenvalue weighted by Gasteiger charge is 2.06. The second-order valence-corrected chi connectivity index (χ2v) is 5.25. The lowest BCUT2D eigenvalue weighted by Crippen LogP contribution is -2.05. The largest absolute Gasteiger partial charge is 0.355 e. The van der Waals surface area contributed by atoms with Gasteiger partial charge in [-0.1, -0.05) is 12.1 Å². The molecule has 84 valence electrons. The lowest BCUT2D eigenvalue weighted by molar-refractivity contribution is 0.880. The maximum atomic E-state index is 4.22. The SMILES string of the molecule is CSc1ccc(C(C)Nc2nccs2)cc1. The number of rotatable bonds is 4. The van der Waals surface area contributed by atoms with Crippen LogP contribution in [0.3, 0.4) is 0 Å². The third kappa shape index (κ3) is 2.77. The molecule has 1 N–H and O–H groups in total. The van der Waals surface area contributed by atoms with Crippen LogP contribution in [0.5, 0.6) is 0 Å². The third-order valence-electron chi connectivity index (χ3n) is 2.39. The molecule has 1 aromatic carbocycles. The van der Waals surface area contributed by atoms with Crippen LogP contribution in [0.15, 0.2) is 40.7 Å². The lowest BCUT2D eigenvalue weighted by Gasteiger charge is -2.13. The van der Waals surface area contributed by atoms with Crippen LogP contribution < -0.4 is 5.32 Å². The highest BCUT2D eigenvalue weighted by atomic mass is 32.2. The molecule has 0 bridgehead atoms. The Balaban J connectivity index is 2.05. The zero-order valence-electron chi connectivity index (χ0n) is 9.31. The van der Waals surface area contributed by atoms with Gasteiger partial charge in [-0.25, -0.2) is 4.98 Å². The van der Waals surface area contributed by atoms with Crippen molar-refractivity contribution in [3.63, 3.8) is 0 Å². The monoisotopic (exact) mass is 250 g/mol. The van der Waals surface area contributed by atoms with Crippen LogP contribution in [0.25, 0.3) is 0 Å². The van der Waals surface area contributed by atoms with Crippen molar-refractivity contribution in [2.24, 2.45) is 0 Å². The average molecular weight is 250 g/mol. The highest BCUT2D eigenvalue weighted by molar-refractivity contribution is 7.98. The number of aromatic nitrogens is 1. The zero-order valence-corrected chi connectivity index (χ0v) is 10.9. The Kier molecular flexibility index (Phi) is 3.85. The van der Waals surface area contributed by atoms with Gasteiger partial charge in [0.2, 0.25) is 0 Å². The summed E-state index contributed by atoms with van der Waals surface area (Å²) >= 11 is 3.39. The molecular weight excluding hydrogens is 236 g/mol. The van der Waals surface area contributed by atoms with Crippen LogP contribution in [-0.2, 0) is 0 Å². The first kappa shape index (κ1) is 11.5. The molecule has 0 aliphatic heterocycles. The predicted molar refractivity (Wildman–Crippen MR) is 72.4 cm³/mol. The van der Waals surface area contributed by atoms with Crippen LogP contribution in [0.1, 0.15) is 18.5 Å². The van der Waals surface area contributed by atoms with Gasteiger partial charge in [-0.3, -0.25) is 0 Å². The van der Waals surface area contributed by atoms with E-state index in [1.165, 1.54) is 10.5 Å². The van der Waals surface area contributed by atoms with Gasteiger partial charge >= 0.3 is 0 Å². The molecule has 0 fully saturated rings. The first-order valence-electron chi connectivity index (χ1n) is 5.09. The molecule has 0 aliphatic carbocycles. The minimum absolute atomic E-state index is 0.294. The molecule has 1 unspecified atom stereocenters. The summed E-state index contributed by atoms with van der Waals surface area (Å²) < 4.78 is 0. The van der Waals surface area contributed by atoms with Crippen molar-refractivity contribution in [1.29, 1.82) is 0 Å². The van der Waals surface area contributed by atoms with E-state index in [1.807, 2.05) is 11.6 Å². The Bertz CT molecular complexity index is 423. The van der Waals surface area contributed by atoms with Crippen molar-refractivity contribution in [2.45, 2.75) is 17.9 Å². The van der Waals surface area contributed by atoms with E-state index in [1.54, 1.807) is 23.1 Å². The number of nitrogens with zero attached hydrogens (tertiary/aromatic N) is 1. The van der Waals surface area contributed by atoms with Crippen molar-refractivity contribution in [1.82, 2.24) is 4.98 Å². The summed E-state index contributed by atoms with van der Waals surface area (Å²) in [5, 5.41) is 6.33. The molecule has 1 aromatic heterocycles. The molecule has 0 spiro atoms. The molecule has 2 aromatic rings. The Hall–Kier alpha value is -1.00. The molecule has 0 saturated carbocycles. The number of thioether (sulfide) groups is 1. The van der Waals surface area contributed by atoms with Crippen molar-refractivity contribution in [3.05, 3.63) is 41.4 Å². The number of hydrogen-bond acceptors (Lipinski definition) is 4. The van der Waals surface area contributed by atoms with Gasteiger partial charge < -0.3 is 5.32 Å². The standard InChI is InChI=1S/C12H14N2S2/c1-9(14-12-13-7-8-16-12)10-3-5-11(15-2)6-4-10/h3-9H,1-2H3,(H,13,14). The summed E-state index contributed by atoms with van der Waals surface area (Å²) in [7, 11) is 0. The predicted octanol–water partition coefficient (Wildman–Crippen LogP) is 4.04. The van der Waals surface area contributed by atoms with Crippen LogP contribution in [0.4, 0.5) is 5.13 Å². The minimum Gasteiger partial charge on any atom is -0.355 e. The normalized spacial score (nSPS) is 12.4. The summed E-state index contributed by atoms with van der Waals surface area (Å²) in [6.45, 7) is 2.15. The fourth-order valence-electron chi connectivity index (χ4n) is 1.46. The summed E-state index contributed by atoms with van der Waals surface area (Å²) in [6, 6.07) is 8.93. The van der Waals surface area contributed by atoms with E-state index in [9.17, 15) is 0 Å². The number of nitrogens with one attached hydrogen (secondary N) is 1. The van der Waals surface area contributed by atoms with Gasteiger partial charge in [-0.05, 0) is 30.9 Å². The van der Waals surface area contributed by atoms with E-state index in [-0.39, 0.29) is 0 Å². The maximum Gasteiger partial charge on any atom is 0.183 e. The van der Waals surface area contributed by atoms with Crippen molar-refractivity contribution >= 4 is 28.2 Å². The van der Waals surface area contributed by atoms with Crippen LogP contribution in [-0.4, -0.2) is 11.2 Å².